The lowest BCUT2D eigenvalue weighted by molar-refractivity contribution is 0.0890. The van der Waals surface area contributed by atoms with Crippen molar-refractivity contribution >= 4 is 23.5 Å². The van der Waals surface area contributed by atoms with Crippen LogP contribution in [0, 0.1) is 6.92 Å². The molecule has 0 fully saturated rings. The Hall–Kier alpha value is -3.44. The predicted octanol–water partition coefficient (Wildman–Crippen LogP) is 5.79. The van der Waals surface area contributed by atoms with E-state index >= 15 is 0 Å². The summed E-state index contributed by atoms with van der Waals surface area (Å²) < 4.78 is 1.38. The smallest absolute Gasteiger partial charge is 0.250 e. The van der Waals surface area contributed by atoms with E-state index in [9.17, 15) is 4.79 Å². The van der Waals surface area contributed by atoms with Gasteiger partial charge >= 0.3 is 0 Å². The molecule has 3 aromatic carbocycles. The van der Waals surface area contributed by atoms with Gasteiger partial charge in [-0.05, 0) is 36.6 Å². The molecule has 1 aromatic heterocycles. The van der Waals surface area contributed by atoms with Crippen LogP contribution in [0.4, 0.5) is 5.95 Å². The molecule has 6 heteroatoms. The minimum Gasteiger partial charge on any atom is -0.350 e. The number of anilines is 1. The summed E-state index contributed by atoms with van der Waals surface area (Å²) in [7, 11) is 0. The summed E-state index contributed by atoms with van der Waals surface area (Å²) in [4.78, 5) is 17.6. The molecule has 4 aromatic rings. The summed E-state index contributed by atoms with van der Waals surface area (Å²) >= 11 is 5.97. The quantitative estimate of drug-likeness (QED) is 0.403. The molecular weight excluding hydrogens is 408 g/mol. The molecule has 0 aliphatic carbocycles. The number of nitrogens with one attached hydrogen (secondary N) is 1. The van der Waals surface area contributed by atoms with Crippen molar-refractivity contribution in [1.29, 1.82) is 0 Å². The lowest BCUT2D eigenvalue weighted by Gasteiger charge is -2.07. The minimum absolute atomic E-state index is 0.103. The highest BCUT2D eigenvalue weighted by Crippen LogP contribution is 2.20. The minimum atomic E-state index is -0.103. The van der Waals surface area contributed by atoms with Crippen LogP contribution < -0.4 is 5.32 Å². The fourth-order valence-corrected chi connectivity index (χ4v) is 3.34. The van der Waals surface area contributed by atoms with Gasteiger partial charge in [0.15, 0.2) is 5.82 Å². The van der Waals surface area contributed by atoms with E-state index in [4.69, 9.17) is 11.6 Å². The first-order valence-corrected chi connectivity index (χ1v) is 10.6. The second kappa shape index (κ2) is 9.58. The fourth-order valence-electron chi connectivity index (χ4n) is 3.21. The molecule has 0 spiro atoms. The lowest BCUT2D eigenvalue weighted by Crippen LogP contribution is -2.17. The van der Waals surface area contributed by atoms with Crippen LogP contribution in [0.25, 0.3) is 11.4 Å². The lowest BCUT2D eigenvalue weighted by atomic mass is 10.1. The Labute approximate surface area is 186 Å². The molecule has 0 radical (unpaired) electrons. The number of carbonyl (C=O) groups is 1. The van der Waals surface area contributed by atoms with Crippen LogP contribution in [0.5, 0.6) is 0 Å². The van der Waals surface area contributed by atoms with Crippen LogP contribution >= 0.6 is 11.6 Å². The Bertz CT molecular complexity index is 1150. The third kappa shape index (κ3) is 5.38. The van der Waals surface area contributed by atoms with Gasteiger partial charge in [0.05, 0.1) is 0 Å². The third-order valence-electron chi connectivity index (χ3n) is 4.99. The van der Waals surface area contributed by atoms with Crippen LogP contribution in [-0.4, -0.2) is 20.7 Å². The molecule has 0 saturated heterocycles. The van der Waals surface area contributed by atoms with Gasteiger partial charge in [-0.1, -0.05) is 83.9 Å². The maximum Gasteiger partial charge on any atom is 0.250 e. The zero-order valence-electron chi connectivity index (χ0n) is 17.3. The second-order valence-corrected chi connectivity index (χ2v) is 7.83. The number of aryl methyl sites for hydroxylation is 2. The van der Waals surface area contributed by atoms with Crippen molar-refractivity contribution < 1.29 is 4.79 Å². The van der Waals surface area contributed by atoms with Crippen molar-refractivity contribution in [2.75, 3.05) is 5.32 Å². The summed E-state index contributed by atoms with van der Waals surface area (Å²) in [6.45, 7) is 2.54. The van der Waals surface area contributed by atoms with Crippen LogP contribution in [0.15, 0.2) is 78.9 Å². The summed E-state index contributed by atoms with van der Waals surface area (Å²) in [5.74, 6) is 0.851. The largest absolute Gasteiger partial charge is 0.350 e. The van der Waals surface area contributed by atoms with Gasteiger partial charge in [0.25, 0.3) is 0 Å². The Balaban J connectivity index is 1.56. The maximum absolute atomic E-state index is 13.0. The number of halogens is 1. The molecular formula is C25H23ClN4O. The molecule has 0 saturated carbocycles. The summed E-state index contributed by atoms with van der Waals surface area (Å²) in [6.07, 6.45) is 0.992. The molecule has 5 nitrogen and oxygen atoms in total. The molecule has 156 valence electrons. The normalized spacial score (nSPS) is 10.8. The number of hydrogen-bond donors (Lipinski definition) is 1. The molecule has 0 amide bonds. The van der Waals surface area contributed by atoms with Gasteiger partial charge in [-0.25, -0.2) is 0 Å². The number of benzene rings is 3. The van der Waals surface area contributed by atoms with Gasteiger partial charge in [0, 0.05) is 23.6 Å². The predicted molar refractivity (Wildman–Crippen MR) is 124 cm³/mol. The SMILES string of the molecule is Cc1ccc(-c2nc(NCc3ccc(Cl)cc3)n(C(=O)CCc3ccccc3)n2)cc1. The monoisotopic (exact) mass is 430 g/mol. The van der Waals surface area contributed by atoms with Crippen molar-refractivity contribution in [1.82, 2.24) is 14.8 Å². The zero-order chi connectivity index (χ0) is 21.6. The van der Waals surface area contributed by atoms with E-state index in [0.29, 0.717) is 36.2 Å². The molecule has 0 bridgehead atoms. The van der Waals surface area contributed by atoms with E-state index < -0.39 is 0 Å². The molecule has 4 rings (SSSR count). The highest BCUT2D eigenvalue weighted by molar-refractivity contribution is 6.30. The summed E-state index contributed by atoms with van der Waals surface area (Å²) in [5, 5.41) is 8.46. The number of nitrogens with zero attached hydrogens (tertiary/aromatic N) is 3. The van der Waals surface area contributed by atoms with Gasteiger partial charge in [-0.3, -0.25) is 4.79 Å². The third-order valence-corrected chi connectivity index (χ3v) is 5.24. The summed E-state index contributed by atoms with van der Waals surface area (Å²) in [6, 6.07) is 25.5. The molecule has 0 aliphatic heterocycles. The van der Waals surface area contributed by atoms with E-state index in [0.717, 1.165) is 22.3 Å². The summed E-state index contributed by atoms with van der Waals surface area (Å²) in [5.41, 5.74) is 4.18. The van der Waals surface area contributed by atoms with Crippen LogP contribution in [-0.2, 0) is 13.0 Å². The Morgan fingerprint density at radius 1 is 0.935 bits per heavy atom. The van der Waals surface area contributed by atoms with Crippen LogP contribution in [0.2, 0.25) is 5.02 Å². The first-order valence-electron chi connectivity index (χ1n) is 10.2. The van der Waals surface area contributed by atoms with Crippen molar-refractivity contribution in [3.8, 4) is 11.4 Å². The molecule has 0 unspecified atom stereocenters. The Morgan fingerprint density at radius 2 is 1.65 bits per heavy atom. The maximum atomic E-state index is 13.0. The van der Waals surface area contributed by atoms with E-state index in [-0.39, 0.29) is 5.91 Å². The highest BCUT2D eigenvalue weighted by Gasteiger charge is 2.17. The van der Waals surface area contributed by atoms with Gasteiger partial charge in [-0.2, -0.15) is 9.67 Å². The Kier molecular flexibility index (Phi) is 6.43. The molecule has 0 atom stereocenters. The average Bonchev–Trinajstić information content (AvgIpc) is 3.22. The van der Waals surface area contributed by atoms with E-state index in [1.807, 2.05) is 85.8 Å². The van der Waals surface area contributed by atoms with Crippen molar-refractivity contribution in [2.24, 2.45) is 0 Å². The standard InChI is InChI=1S/C25H23ClN4O/c1-18-7-12-21(13-8-18)24-28-25(27-17-20-9-14-22(26)15-10-20)30(29-24)23(31)16-11-19-5-3-2-4-6-19/h2-10,12-15H,11,16-17H2,1H3,(H,27,28,29). The first kappa shape index (κ1) is 20.8. The van der Waals surface area contributed by atoms with Gasteiger partial charge in [0.2, 0.25) is 11.9 Å². The molecule has 1 N–H and O–H groups in total. The van der Waals surface area contributed by atoms with Crippen molar-refractivity contribution in [3.05, 3.63) is 101 Å². The molecule has 0 aliphatic rings. The van der Waals surface area contributed by atoms with E-state index in [1.165, 1.54) is 4.68 Å². The number of hydrogen-bond acceptors (Lipinski definition) is 4. The van der Waals surface area contributed by atoms with Crippen molar-refractivity contribution in [2.45, 2.75) is 26.3 Å². The number of aromatic nitrogens is 3. The van der Waals surface area contributed by atoms with Gasteiger partial charge in [0.1, 0.15) is 0 Å². The van der Waals surface area contributed by atoms with E-state index in [1.54, 1.807) is 0 Å². The van der Waals surface area contributed by atoms with E-state index in [2.05, 4.69) is 15.4 Å². The fraction of sp³-hybridized carbons (Fsp3) is 0.160. The molecule has 1 heterocycles. The van der Waals surface area contributed by atoms with Crippen LogP contribution in [0.1, 0.15) is 27.9 Å². The van der Waals surface area contributed by atoms with Crippen molar-refractivity contribution in [3.63, 3.8) is 0 Å². The Morgan fingerprint density at radius 3 is 2.35 bits per heavy atom. The zero-order valence-corrected chi connectivity index (χ0v) is 18.0. The van der Waals surface area contributed by atoms with Gasteiger partial charge < -0.3 is 5.32 Å². The van der Waals surface area contributed by atoms with Gasteiger partial charge in [-0.15, -0.1) is 5.10 Å². The van der Waals surface area contributed by atoms with Crippen LogP contribution in [0.3, 0.4) is 0 Å². The number of carbonyl (C=O) groups excluding carboxylic acids is 1. The number of rotatable bonds is 7. The highest BCUT2D eigenvalue weighted by atomic mass is 35.5. The first-order chi connectivity index (χ1) is 15.1. The average molecular weight is 431 g/mol. The second-order valence-electron chi connectivity index (χ2n) is 7.40. The molecule has 31 heavy (non-hydrogen) atoms. The topological polar surface area (TPSA) is 59.8 Å².